The van der Waals surface area contributed by atoms with Crippen molar-refractivity contribution >= 4 is 35.8 Å². The van der Waals surface area contributed by atoms with Gasteiger partial charge in [0.05, 0.1) is 42.6 Å². The molecule has 2 aliphatic rings. The molecule has 0 spiro atoms. The summed E-state index contributed by atoms with van der Waals surface area (Å²) < 4.78 is 25.5. The summed E-state index contributed by atoms with van der Waals surface area (Å²) in [5.41, 5.74) is 1.73. The lowest BCUT2D eigenvalue weighted by Crippen LogP contribution is -2.45. The third kappa shape index (κ3) is 13.7. The van der Waals surface area contributed by atoms with Gasteiger partial charge in [-0.1, -0.05) is 60.7 Å². The molecule has 5 rings (SSSR count). The van der Waals surface area contributed by atoms with Gasteiger partial charge in [0.1, 0.15) is 19.3 Å². The van der Waals surface area contributed by atoms with Crippen LogP contribution in [-0.2, 0) is 46.5 Å². The Balaban J connectivity index is 0.000000265. The Morgan fingerprint density at radius 3 is 1.62 bits per heavy atom. The largest absolute Gasteiger partial charge is 0.469 e. The number of non-ortho nitro benzene ring substituents is 1. The molecule has 0 radical (unpaired) electrons. The van der Waals surface area contributed by atoms with Gasteiger partial charge in [-0.15, -0.1) is 0 Å². The molecule has 294 valence electrons. The molecule has 3 aromatic rings. The lowest BCUT2D eigenvalue weighted by Gasteiger charge is -2.33. The summed E-state index contributed by atoms with van der Waals surface area (Å²) in [5.74, 6) is -2.46. The summed E-state index contributed by atoms with van der Waals surface area (Å²) >= 11 is 0. The van der Waals surface area contributed by atoms with Crippen LogP contribution >= 0.6 is 0 Å². The maximum absolute atomic E-state index is 12.5. The molecule has 16 nitrogen and oxygen atoms in total. The van der Waals surface area contributed by atoms with Gasteiger partial charge in [-0.25, -0.2) is 14.4 Å². The number of aliphatic hydroxyl groups excluding tert-OH is 1. The minimum absolute atomic E-state index is 0.0956. The molecule has 2 fully saturated rings. The molecule has 0 bridgehead atoms. The number of ether oxygens (including phenoxy) is 5. The Labute approximate surface area is 317 Å². The SMILES string of the molecule is COC(=O)[C@@H]1C[C@H](NC(=O)OCc2ccccc2)C[C@@H](OC(=O)c2ccc([N+](=O)[O-])cc2)C1.COC(=O)[C@H]1C[C@@H](O)C[C@@H](NC(=O)OCc2ccccc2)C1. The highest BCUT2D eigenvalue weighted by Gasteiger charge is 2.37. The molecule has 16 heteroatoms. The molecular weight excluding hydrogens is 718 g/mol. The standard InChI is InChI=1S/C23H24N2O8.C16H21NO5/c1-31-21(26)17-11-18(24-23(28)32-14-15-5-3-2-4-6-15)13-20(12-17)33-22(27)16-7-9-19(10-8-16)25(29)30;1-21-15(19)12-7-13(9-14(18)8-12)17-16(20)22-10-11-5-3-2-4-6-11/h2-10,17-18,20H,11-14H2,1H3,(H,24,28);2-6,12-14,18H,7-10H2,1H3,(H,17,20)/t17-,18+,20+;12-,13+,14-/m11/s1. The molecule has 3 aromatic carbocycles. The Kier molecular flexibility index (Phi) is 15.9. The van der Waals surface area contributed by atoms with E-state index in [1.165, 1.54) is 38.5 Å². The van der Waals surface area contributed by atoms with Crippen molar-refractivity contribution in [3.05, 3.63) is 112 Å². The highest BCUT2D eigenvalue weighted by Crippen LogP contribution is 2.29. The normalized spacial score (nSPS) is 21.6. The van der Waals surface area contributed by atoms with Crippen LogP contribution in [-0.4, -0.2) is 78.6 Å². The van der Waals surface area contributed by atoms with Gasteiger partial charge >= 0.3 is 30.1 Å². The summed E-state index contributed by atoms with van der Waals surface area (Å²) in [4.78, 5) is 70.5. The predicted octanol–water partition coefficient (Wildman–Crippen LogP) is 5.00. The maximum Gasteiger partial charge on any atom is 0.407 e. The average Bonchev–Trinajstić information content (AvgIpc) is 3.19. The van der Waals surface area contributed by atoms with Gasteiger partial charge in [-0.05, 0) is 55.4 Å². The Hall–Kier alpha value is -6.03. The number of aliphatic hydroxyl groups is 1. The first kappa shape index (κ1) is 41.7. The van der Waals surface area contributed by atoms with Crippen molar-refractivity contribution in [2.75, 3.05) is 14.2 Å². The van der Waals surface area contributed by atoms with E-state index in [9.17, 15) is 39.2 Å². The average molecular weight is 764 g/mol. The molecule has 0 saturated heterocycles. The molecule has 6 atom stereocenters. The summed E-state index contributed by atoms with van der Waals surface area (Å²) in [7, 11) is 2.59. The van der Waals surface area contributed by atoms with Gasteiger partial charge in [-0.2, -0.15) is 0 Å². The van der Waals surface area contributed by atoms with Gasteiger partial charge in [0, 0.05) is 30.6 Å². The van der Waals surface area contributed by atoms with Crippen LogP contribution in [0.2, 0.25) is 0 Å². The van der Waals surface area contributed by atoms with Crippen LogP contribution in [0.3, 0.4) is 0 Å². The van der Waals surface area contributed by atoms with Crippen molar-refractivity contribution in [1.82, 2.24) is 10.6 Å². The van der Waals surface area contributed by atoms with E-state index in [1.807, 2.05) is 60.7 Å². The van der Waals surface area contributed by atoms with Crippen LogP contribution < -0.4 is 10.6 Å². The summed E-state index contributed by atoms with van der Waals surface area (Å²) in [5, 5.41) is 26.0. The molecule has 3 N–H and O–H groups in total. The van der Waals surface area contributed by atoms with Crippen molar-refractivity contribution in [2.24, 2.45) is 11.8 Å². The van der Waals surface area contributed by atoms with Crippen LogP contribution in [0.15, 0.2) is 84.9 Å². The number of amides is 2. The van der Waals surface area contributed by atoms with Crippen molar-refractivity contribution < 1.29 is 57.7 Å². The number of carbonyl (C=O) groups excluding carboxylic acids is 5. The minimum atomic E-state index is -0.675. The number of nitrogens with one attached hydrogen (secondary N) is 2. The smallest absolute Gasteiger partial charge is 0.407 e. The fourth-order valence-electron chi connectivity index (χ4n) is 6.41. The zero-order valence-corrected chi connectivity index (χ0v) is 30.5. The lowest BCUT2D eigenvalue weighted by molar-refractivity contribution is -0.384. The molecule has 2 aliphatic carbocycles. The molecule has 0 heterocycles. The van der Waals surface area contributed by atoms with Crippen molar-refractivity contribution in [1.29, 1.82) is 0 Å². The van der Waals surface area contributed by atoms with Crippen molar-refractivity contribution in [3.8, 4) is 0 Å². The number of nitrogens with zero attached hydrogens (tertiary/aromatic N) is 1. The third-order valence-electron chi connectivity index (χ3n) is 9.07. The summed E-state index contributed by atoms with van der Waals surface area (Å²) in [6.07, 6.45) is -0.417. The van der Waals surface area contributed by atoms with Gasteiger partial charge in [0.25, 0.3) is 5.69 Å². The van der Waals surface area contributed by atoms with Gasteiger partial charge < -0.3 is 39.4 Å². The van der Waals surface area contributed by atoms with Crippen molar-refractivity contribution in [3.63, 3.8) is 0 Å². The van der Waals surface area contributed by atoms with E-state index < -0.39 is 59.1 Å². The second-order valence-corrected chi connectivity index (χ2v) is 13.1. The van der Waals surface area contributed by atoms with E-state index in [0.29, 0.717) is 25.7 Å². The zero-order chi connectivity index (χ0) is 39.7. The second kappa shape index (κ2) is 21.0. The first-order chi connectivity index (χ1) is 26.4. The number of rotatable bonds is 11. The molecule has 2 saturated carbocycles. The van der Waals surface area contributed by atoms with E-state index in [2.05, 4.69) is 10.6 Å². The number of hydrogen-bond donors (Lipinski definition) is 3. The number of carbonyl (C=O) groups is 5. The zero-order valence-electron chi connectivity index (χ0n) is 30.5. The highest BCUT2D eigenvalue weighted by molar-refractivity contribution is 5.89. The Bertz CT molecular complexity index is 1740. The van der Waals surface area contributed by atoms with Crippen LogP contribution in [0.4, 0.5) is 15.3 Å². The number of benzene rings is 3. The third-order valence-corrected chi connectivity index (χ3v) is 9.07. The van der Waals surface area contributed by atoms with Crippen LogP contribution in [0.25, 0.3) is 0 Å². The fraction of sp³-hybridized carbons (Fsp3) is 0.410. The van der Waals surface area contributed by atoms with Crippen LogP contribution in [0.5, 0.6) is 0 Å². The van der Waals surface area contributed by atoms with E-state index in [-0.39, 0.29) is 49.3 Å². The lowest BCUT2D eigenvalue weighted by atomic mass is 9.83. The maximum atomic E-state index is 12.5. The van der Waals surface area contributed by atoms with E-state index in [1.54, 1.807) is 0 Å². The molecule has 0 aliphatic heterocycles. The summed E-state index contributed by atoms with van der Waals surface area (Å²) in [6, 6.07) is 22.8. The number of nitro benzene ring substituents is 1. The van der Waals surface area contributed by atoms with Gasteiger partial charge in [-0.3, -0.25) is 19.7 Å². The number of hydrogen-bond acceptors (Lipinski definition) is 13. The predicted molar refractivity (Wildman–Crippen MR) is 194 cm³/mol. The van der Waals surface area contributed by atoms with E-state index >= 15 is 0 Å². The van der Waals surface area contributed by atoms with Crippen LogP contribution in [0, 0.1) is 22.0 Å². The quantitative estimate of drug-likeness (QED) is 0.101. The van der Waals surface area contributed by atoms with Crippen LogP contribution in [0.1, 0.15) is 60.0 Å². The number of esters is 3. The molecule has 55 heavy (non-hydrogen) atoms. The monoisotopic (exact) mass is 763 g/mol. The first-order valence-corrected chi connectivity index (χ1v) is 17.7. The second-order valence-electron chi connectivity index (χ2n) is 13.1. The molecule has 0 unspecified atom stereocenters. The molecular formula is C39H45N3O13. The van der Waals surface area contributed by atoms with E-state index in [0.717, 1.165) is 11.1 Å². The Morgan fingerprint density at radius 2 is 1.15 bits per heavy atom. The molecule has 2 amide bonds. The number of alkyl carbamates (subject to hydrolysis) is 2. The van der Waals surface area contributed by atoms with Crippen molar-refractivity contribution in [2.45, 2.75) is 76.0 Å². The topological polar surface area (TPSA) is 219 Å². The number of methoxy groups -OCH3 is 2. The van der Waals surface area contributed by atoms with Gasteiger partial charge in [0.2, 0.25) is 0 Å². The summed E-state index contributed by atoms with van der Waals surface area (Å²) in [6.45, 7) is 0.279. The highest BCUT2D eigenvalue weighted by atomic mass is 16.6. The van der Waals surface area contributed by atoms with E-state index in [4.69, 9.17) is 23.7 Å². The van der Waals surface area contributed by atoms with Gasteiger partial charge in [0.15, 0.2) is 0 Å². The first-order valence-electron chi connectivity index (χ1n) is 17.7. The molecule has 0 aromatic heterocycles. The minimum Gasteiger partial charge on any atom is -0.469 e. The fourth-order valence-corrected chi connectivity index (χ4v) is 6.41. The Morgan fingerprint density at radius 1 is 0.673 bits per heavy atom. The number of nitro groups is 1.